The van der Waals surface area contributed by atoms with E-state index in [9.17, 15) is 4.39 Å². The molecule has 0 aliphatic heterocycles. The van der Waals surface area contributed by atoms with Gasteiger partial charge in [0.05, 0.1) is 6.61 Å². The second-order valence-electron chi connectivity index (χ2n) is 4.28. The van der Waals surface area contributed by atoms with Crippen molar-refractivity contribution in [3.63, 3.8) is 0 Å². The largest absolute Gasteiger partial charge is 0.392 e. The zero-order valence-corrected chi connectivity index (χ0v) is 10.2. The van der Waals surface area contributed by atoms with Gasteiger partial charge in [0.2, 0.25) is 0 Å². The zero-order valence-electron chi connectivity index (χ0n) is 10.2. The molecule has 1 atom stereocenters. The van der Waals surface area contributed by atoms with Crippen LogP contribution in [0.3, 0.4) is 0 Å². The molecule has 0 heterocycles. The van der Waals surface area contributed by atoms with Gasteiger partial charge in [0.1, 0.15) is 5.82 Å². The summed E-state index contributed by atoms with van der Waals surface area (Å²) in [6, 6.07) is 14.1. The molecule has 2 aromatic carbocycles. The smallest absolute Gasteiger partial charge is 0.123 e. The van der Waals surface area contributed by atoms with Crippen LogP contribution in [-0.2, 0) is 6.61 Å². The standard InChI is InChI=1S/C15H16FNO/c1-11(13-3-2-4-14(16)9-13)17-15-7-5-12(10-18)6-8-15/h2-9,11,17-18H,10H2,1H3. The molecule has 0 saturated carbocycles. The number of hydrogen-bond acceptors (Lipinski definition) is 2. The van der Waals surface area contributed by atoms with E-state index < -0.39 is 0 Å². The molecule has 0 bridgehead atoms. The molecule has 0 aliphatic carbocycles. The Balaban J connectivity index is 2.08. The summed E-state index contributed by atoms with van der Waals surface area (Å²) in [5.74, 6) is -0.225. The molecule has 1 unspecified atom stereocenters. The van der Waals surface area contributed by atoms with Crippen LogP contribution >= 0.6 is 0 Å². The van der Waals surface area contributed by atoms with E-state index in [-0.39, 0.29) is 18.5 Å². The van der Waals surface area contributed by atoms with Gasteiger partial charge in [-0.2, -0.15) is 0 Å². The van der Waals surface area contributed by atoms with E-state index in [1.54, 1.807) is 6.07 Å². The summed E-state index contributed by atoms with van der Waals surface area (Å²) >= 11 is 0. The van der Waals surface area contributed by atoms with E-state index in [4.69, 9.17) is 5.11 Å². The van der Waals surface area contributed by atoms with Gasteiger partial charge in [0.25, 0.3) is 0 Å². The lowest BCUT2D eigenvalue weighted by Crippen LogP contribution is -2.06. The topological polar surface area (TPSA) is 32.3 Å². The van der Waals surface area contributed by atoms with Crippen molar-refractivity contribution in [1.29, 1.82) is 0 Å². The molecule has 0 saturated heterocycles. The Morgan fingerprint density at radius 2 is 1.89 bits per heavy atom. The highest BCUT2D eigenvalue weighted by Gasteiger charge is 2.05. The fourth-order valence-corrected chi connectivity index (χ4v) is 1.82. The maximum atomic E-state index is 13.1. The third-order valence-corrected chi connectivity index (χ3v) is 2.87. The van der Waals surface area contributed by atoms with Crippen molar-refractivity contribution >= 4 is 5.69 Å². The first-order valence-corrected chi connectivity index (χ1v) is 5.91. The second-order valence-corrected chi connectivity index (χ2v) is 4.28. The van der Waals surface area contributed by atoms with Crippen LogP contribution in [0.15, 0.2) is 48.5 Å². The first-order valence-electron chi connectivity index (χ1n) is 5.91. The quantitative estimate of drug-likeness (QED) is 0.864. The van der Waals surface area contributed by atoms with E-state index in [1.165, 1.54) is 12.1 Å². The maximum absolute atomic E-state index is 13.1. The summed E-state index contributed by atoms with van der Waals surface area (Å²) in [7, 11) is 0. The van der Waals surface area contributed by atoms with Gasteiger partial charge in [-0.1, -0.05) is 24.3 Å². The van der Waals surface area contributed by atoms with Crippen molar-refractivity contribution < 1.29 is 9.50 Å². The molecule has 3 heteroatoms. The fraction of sp³-hybridized carbons (Fsp3) is 0.200. The van der Waals surface area contributed by atoms with Gasteiger partial charge in [0, 0.05) is 11.7 Å². The summed E-state index contributed by atoms with van der Waals surface area (Å²) in [4.78, 5) is 0. The third kappa shape index (κ3) is 3.08. The van der Waals surface area contributed by atoms with Crippen LogP contribution in [0.25, 0.3) is 0 Å². The monoisotopic (exact) mass is 245 g/mol. The van der Waals surface area contributed by atoms with Gasteiger partial charge in [-0.3, -0.25) is 0 Å². The van der Waals surface area contributed by atoms with E-state index in [0.29, 0.717) is 0 Å². The number of benzene rings is 2. The number of hydrogen-bond donors (Lipinski definition) is 2. The molecular weight excluding hydrogens is 229 g/mol. The van der Waals surface area contributed by atoms with Crippen molar-refractivity contribution in [3.05, 3.63) is 65.5 Å². The predicted molar refractivity (Wildman–Crippen MR) is 70.8 cm³/mol. The van der Waals surface area contributed by atoms with Crippen LogP contribution < -0.4 is 5.32 Å². The lowest BCUT2D eigenvalue weighted by molar-refractivity contribution is 0.282. The van der Waals surface area contributed by atoms with Crippen LogP contribution in [0.1, 0.15) is 24.1 Å². The minimum Gasteiger partial charge on any atom is -0.392 e. The summed E-state index contributed by atoms with van der Waals surface area (Å²) in [6.07, 6.45) is 0. The molecule has 0 aromatic heterocycles. The van der Waals surface area contributed by atoms with E-state index in [0.717, 1.165) is 16.8 Å². The van der Waals surface area contributed by atoms with Crippen molar-refractivity contribution in [2.75, 3.05) is 5.32 Å². The molecule has 2 aromatic rings. The Hall–Kier alpha value is -1.87. The van der Waals surface area contributed by atoms with E-state index in [1.807, 2.05) is 37.3 Å². The van der Waals surface area contributed by atoms with Crippen LogP contribution in [0.5, 0.6) is 0 Å². The Morgan fingerprint density at radius 1 is 1.17 bits per heavy atom. The summed E-state index contributed by atoms with van der Waals surface area (Å²) < 4.78 is 13.1. The number of halogens is 1. The minimum atomic E-state index is -0.225. The number of aliphatic hydroxyl groups is 1. The Kier molecular flexibility index (Phi) is 3.95. The van der Waals surface area contributed by atoms with Gasteiger partial charge in [0.15, 0.2) is 0 Å². The Labute approximate surface area is 106 Å². The fourth-order valence-electron chi connectivity index (χ4n) is 1.82. The summed E-state index contributed by atoms with van der Waals surface area (Å²) in [5.41, 5.74) is 2.73. The number of anilines is 1. The van der Waals surface area contributed by atoms with Crippen LogP contribution in [0, 0.1) is 5.82 Å². The lowest BCUT2D eigenvalue weighted by Gasteiger charge is -2.16. The van der Waals surface area contributed by atoms with Crippen LogP contribution in [0.2, 0.25) is 0 Å². The number of rotatable bonds is 4. The van der Waals surface area contributed by atoms with E-state index >= 15 is 0 Å². The first-order chi connectivity index (χ1) is 8.69. The highest BCUT2D eigenvalue weighted by atomic mass is 19.1. The summed E-state index contributed by atoms with van der Waals surface area (Å²) in [5, 5.41) is 12.2. The SMILES string of the molecule is CC(Nc1ccc(CO)cc1)c1cccc(F)c1. The lowest BCUT2D eigenvalue weighted by atomic mass is 10.1. The molecule has 0 spiro atoms. The molecule has 0 radical (unpaired) electrons. The number of nitrogens with one attached hydrogen (secondary N) is 1. The normalized spacial score (nSPS) is 12.2. The summed E-state index contributed by atoms with van der Waals surface area (Å²) in [6.45, 7) is 2.02. The zero-order chi connectivity index (χ0) is 13.0. The average Bonchev–Trinajstić information content (AvgIpc) is 2.39. The van der Waals surface area contributed by atoms with Gasteiger partial charge < -0.3 is 10.4 Å². The number of aliphatic hydroxyl groups excluding tert-OH is 1. The van der Waals surface area contributed by atoms with Crippen molar-refractivity contribution in [3.8, 4) is 0 Å². The van der Waals surface area contributed by atoms with Crippen molar-refractivity contribution in [2.45, 2.75) is 19.6 Å². The molecule has 2 rings (SSSR count). The Bertz CT molecular complexity index is 510. The van der Waals surface area contributed by atoms with Crippen LogP contribution in [-0.4, -0.2) is 5.11 Å². The van der Waals surface area contributed by atoms with Crippen molar-refractivity contribution in [2.24, 2.45) is 0 Å². The first kappa shape index (κ1) is 12.6. The highest BCUT2D eigenvalue weighted by Crippen LogP contribution is 2.20. The molecule has 94 valence electrons. The van der Waals surface area contributed by atoms with Gasteiger partial charge in [-0.25, -0.2) is 4.39 Å². The highest BCUT2D eigenvalue weighted by molar-refractivity contribution is 5.46. The van der Waals surface area contributed by atoms with E-state index in [2.05, 4.69) is 5.32 Å². The maximum Gasteiger partial charge on any atom is 0.123 e. The van der Waals surface area contributed by atoms with Gasteiger partial charge in [-0.15, -0.1) is 0 Å². The van der Waals surface area contributed by atoms with Gasteiger partial charge >= 0.3 is 0 Å². The Morgan fingerprint density at radius 3 is 2.50 bits per heavy atom. The molecule has 0 aliphatic rings. The molecule has 0 amide bonds. The predicted octanol–water partition coefficient (Wildman–Crippen LogP) is 3.49. The molecule has 0 fully saturated rings. The molecule has 2 nitrogen and oxygen atoms in total. The van der Waals surface area contributed by atoms with Crippen molar-refractivity contribution in [1.82, 2.24) is 0 Å². The second kappa shape index (κ2) is 5.65. The molecular formula is C15H16FNO. The average molecular weight is 245 g/mol. The minimum absolute atomic E-state index is 0.0284. The molecule has 2 N–H and O–H groups in total. The van der Waals surface area contributed by atoms with Gasteiger partial charge in [-0.05, 0) is 42.3 Å². The third-order valence-electron chi connectivity index (χ3n) is 2.87. The van der Waals surface area contributed by atoms with Crippen LogP contribution in [0.4, 0.5) is 10.1 Å². The molecule has 18 heavy (non-hydrogen) atoms.